The standard InChI is InChI=1S/C35H46N8O5S/c1-21(44)41-13-9-23(18-41)26-16-27(30-32(36)37-20-38-43(26)30)42-12-5-6-24(19-42)39-33(45)31-28(17-29(49-31)22-7-8-22)47-25-10-14-40(15-11-25)34(46)48-35(2,3)4/h9,16-17,20,22,24-25H,5-8,10-15,18-19H2,1-4H3,(H,39,45)(H2,36,37,38)/t24-/m1/s1. The number of anilines is 2. The maximum atomic E-state index is 13.9. The highest BCUT2D eigenvalue weighted by atomic mass is 32.1. The first-order chi connectivity index (χ1) is 23.4. The molecule has 0 radical (unpaired) electrons. The third-order valence-corrected chi connectivity index (χ3v) is 10.9. The highest BCUT2D eigenvalue weighted by Crippen LogP contribution is 2.46. The maximum Gasteiger partial charge on any atom is 0.410 e. The van der Waals surface area contributed by atoms with Crippen LogP contribution in [-0.2, 0) is 9.53 Å². The molecule has 4 aliphatic rings. The van der Waals surface area contributed by atoms with E-state index in [1.54, 1.807) is 28.1 Å². The Kier molecular flexibility index (Phi) is 8.92. The van der Waals surface area contributed by atoms with Crippen LogP contribution in [0.5, 0.6) is 5.75 Å². The lowest BCUT2D eigenvalue weighted by Crippen LogP contribution is -2.47. The van der Waals surface area contributed by atoms with Gasteiger partial charge in [-0.2, -0.15) is 5.10 Å². The van der Waals surface area contributed by atoms with E-state index in [4.69, 9.17) is 15.2 Å². The van der Waals surface area contributed by atoms with Crippen LogP contribution in [0.1, 0.15) is 92.4 Å². The fourth-order valence-electron chi connectivity index (χ4n) is 6.93. The SMILES string of the molecule is CC(=O)N1CC=C(c2cc(N3CCC[C@@H](NC(=O)c4sc(C5CC5)cc4OC4CCN(C(=O)OC(C)(C)C)CC4)C3)c3c(N)ncnn23)C1. The molecule has 3 fully saturated rings. The van der Waals surface area contributed by atoms with E-state index in [1.807, 2.05) is 25.3 Å². The smallest absolute Gasteiger partial charge is 0.410 e. The zero-order chi connectivity index (χ0) is 34.4. The van der Waals surface area contributed by atoms with E-state index in [-0.39, 0.29) is 30.1 Å². The van der Waals surface area contributed by atoms with Gasteiger partial charge in [0.15, 0.2) is 5.82 Å². The number of thiophene rings is 1. The quantitative estimate of drug-likeness (QED) is 0.361. The molecule has 0 spiro atoms. The largest absolute Gasteiger partial charge is 0.489 e. The fraction of sp³-hybridized carbons (Fsp3) is 0.571. The monoisotopic (exact) mass is 690 g/mol. The van der Waals surface area contributed by atoms with Gasteiger partial charge in [0.05, 0.1) is 11.4 Å². The molecule has 0 bridgehead atoms. The molecule has 3 aromatic heterocycles. The summed E-state index contributed by atoms with van der Waals surface area (Å²) < 4.78 is 13.9. The lowest BCUT2D eigenvalue weighted by Gasteiger charge is -2.34. The average Bonchev–Trinajstić information content (AvgIpc) is 3.44. The van der Waals surface area contributed by atoms with E-state index in [2.05, 4.69) is 38.5 Å². The number of hydrogen-bond acceptors (Lipinski definition) is 10. The topological polar surface area (TPSA) is 148 Å². The number of nitrogens with zero attached hydrogens (tertiary/aromatic N) is 6. The Morgan fingerprint density at radius 1 is 1.04 bits per heavy atom. The minimum Gasteiger partial charge on any atom is -0.489 e. The number of aromatic nitrogens is 3. The van der Waals surface area contributed by atoms with E-state index in [9.17, 15) is 14.4 Å². The third kappa shape index (κ3) is 7.19. The van der Waals surface area contributed by atoms with Crippen LogP contribution < -0.4 is 20.7 Å². The second kappa shape index (κ2) is 13.2. The van der Waals surface area contributed by atoms with Crippen molar-refractivity contribution < 1.29 is 23.9 Å². The molecule has 7 rings (SSSR count). The molecule has 49 heavy (non-hydrogen) atoms. The highest BCUT2D eigenvalue weighted by Gasteiger charge is 2.34. The van der Waals surface area contributed by atoms with Crippen LogP contribution in [0.3, 0.4) is 0 Å². The van der Waals surface area contributed by atoms with Crippen LogP contribution in [0.4, 0.5) is 16.3 Å². The predicted molar refractivity (Wildman–Crippen MR) is 188 cm³/mol. The van der Waals surface area contributed by atoms with Crippen LogP contribution in [0.15, 0.2) is 24.5 Å². The lowest BCUT2D eigenvalue weighted by atomic mass is 10.0. The van der Waals surface area contributed by atoms with E-state index >= 15 is 0 Å². The average molecular weight is 691 g/mol. The number of carbonyl (C=O) groups is 3. The second-order valence-corrected chi connectivity index (χ2v) is 15.7. The molecule has 2 saturated heterocycles. The summed E-state index contributed by atoms with van der Waals surface area (Å²) in [7, 11) is 0. The normalized spacial score (nSPS) is 20.4. The first-order valence-corrected chi connectivity index (χ1v) is 18.2. The molecule has 3 aromatic rings. The van der Waals surface area contributed by atoms with Crippen LogP contribution in [0.2, 0.25) is 0 Å². The van der Waals surface area contributed by atoms with Gasteiger partial charge in [0, 0.05) is 70.0 Å². The van der Waals surface area contributed by atoms with Gasteiger partial charge >= 0.3 is 6.09 Å². The van der Waals surface area contributed by atoms with Crippen molar-refractivity contribution in [3.63, 3.8) is 0 Å². The van der Waals surface area contributed by atoms with E-state index < -0.39 is 5.60 Å². The molecule has 1 saturated carbocycles. The summed E-state index contributed by atoms with van der Waals surface area (Å²) >= 11 is 1.54. The third-order valence-electron chi connectivity index (χ3n) is 9.64. The van der Waals surface area contributed by atoms with Gasteiger partial charge in [0.1, 0.15) is 34.2 Å². The molecule has 1 aliphatic carbocycles. The van der Waals surface area contributed by atoms with E-state index in [0.29, 0.717) is 67.9 Å². The van der Waals surface area contributed by atoms with Crippen LogP contribution >= 0.6 is 11.3 Å². The van der Waals surface area contributed by atoms with Crippen LogP contribution in [0.25, 0.3) is 11.1 Å². The number of hydrogen-bond donors (Lipinski definition) is 2. The molecule has 0 aromatic carbocycles. The Bertz CT molecular complexity index is 1780. The van der Waals surface area contributed by atoms with Gasteiger partial charge in [-0.05, 0) is 70.1 Å². The van der Waals surface area contributed by atoms with Gasteiger partial charge in [-0.15, -0.1) is 11.3 Å². The molecule has 1 atom stereocenters. The number of nitrogens with two attached hydrogens (primary N) is 1. The van der Waals surface area contributed by atoms with Crippen molar-refractivity contribution in [2.45, 2.75) is 89.9 Å². The molecule has 3 N–H and O–H groups in total. The van der Waals surface area contributed by atoms with Gasteiger partial charge in [0.25, 0.3) is 5.91 Å². The zero-order valence-corrected chi connectivity index (χ0v) is 29.6. The maximum absolute atomic E-state index is 13.9. The number of carbonyl (C=O) groups excluding carboxylic acids is 3. The van der Waals surface area contributed by atoms with Gasteiger partial charge in [0.2, 0.25) is 5.91 Å². The Morgan fingerprint density at radius 3 is 2.51 bits per heavy atom. The fourth-order valence-corrected chi connectivity index (χ4v) is 8.10. The summed E-state index contributed by atoms with van der Waals surface area (Å²) in [5, 5.41) is 7.86. The predicted octanol–water partition coefficient (Wildman–Crippen LogP) is 4.67. The molecule has 0 unspecified atom stereocenters. The number of rotatable bonds is 7. The zero-order valence-electron chi connectivity index (χ0n) is 28.7. The summed E-state index contributed by atoms with van der Waals surface area (Å²) in [4.78, 5) is 50.4. The van der Waals surface area contributed by atoms with Crippen LogP contribution in [-0.4, -0.2) is 99.3 Å². The summed E-state index contributed by atoms with van der Waals surface area (Å²) in [6.07, 6.45) is 8.50. The molecule has 13 nitrogen and oxygen atoms in total. The number of likely N-dealkylation sites (tertiary alicyclic amines) is 1. The minimum absolute atomic E-state index is 0.0308. The number of nitrogen functional groups attached to an aromatic ring is 1. The number of amides is 3. The lowest BCUT2D eigenvalue weighted by molar-refractivity contribution is -0.127. The summed E-state index contributed by atoms with van der Waals surface area (Å²) in [5.41, 5.74) is 9.44. The van der Waals surface area contributed by atoms with Crippen molar-refractivity contribution in [3.05, 3.63) is 40.0 Å². The van der Waals surface area contributed by atoms with Gasteiger partial charge in [-0.1, -0.05) is 6.08 Å². The first-order valence-electron chi connectivity index (χ1n) is 17.3. The Hall–Kier alpha value is -4.33. The van der Waals surface area contributed by atoms with Crippen molar-refractivity contribution in [3.8, 4) is 5.75 Å². The number of fused-ring (bicyclic) bond motifs is 1. The number of piperidine rings is 2. The summed E-state index contributed by atoms with van der Waals surface area (Å²) in [6, 6.07) is 4.06. The summed E-state index contributed by atoms with van der Waals surface area (Å²) in [5.74, 6) is 1.44. The molecule has 3 aliphatic heterocycles. The molecular weight excluding hydrogens is 645 g/mol. The highest BCUT2D eigenvalue weighted by molar-refractivity contribution is 7.14. The molecule has 3 amide bonds. The van der Waals surface area contributed by atoms with Crippen molar-refractivity contribution in [2.75, 3.05) is 49.9 Å². The van der Waals surface area contributed by atoms with Crippen molar-refractivity contribution in [2.24, 2.45) is 0 Å². The van der Waals surface area contributed by atoms with Gasteiger partial charge in [-0.25, -0.2) is 14.3 Å². The Balaban J connectivity index is 1.04. The van der Waals surface area contributed by atoms with Crippen molar-refractivity contribution in [1.82, 2.24) is 29.7 Å². The molecule has 262 valence electrons. The molecule has 6 heterocycles. The molecular formula is C35H46N8O5S. The van der Waals surface area contributed by atoms with Crippen LogP contribution in [0, 0.1) is 0 Å². The minimum atomic E-state index is -0.536. The van der Waals surface area contributed by atoms with E-state index in [1.165, 1.54) is 11.2 Å². The summed E-state index contributed by atoms with van der Waals surface area (Å²) in [6.45, 7) is 10.8. The number of nitrogens with one attached hydrogen (secondary N) is 1. The Morgan fingerprint density at radius 2 is 1.82 bits per heavy atom. The number of ether oxygens (including phenoxy) is 2. The van der Waals surface area contributed by atoms with E-state index in [0.717, 1.165) is 54.7 Å². The Labute approximate surface area is 290 Å². The second-order valence-electron chi connectivity index (χ2n) is 14.6. The first kappa shape index (κ1) is 33.2. The van der Waals surface area contributed by atoms with Gasteiger partial charge in [-0.3, -0.25) is 9.59 Å². The van der Waals surface area contributed by atoms with Gasteiger partial charge < -0.3 is 35.2 Å². The molecule has 14 heteroatoms. The van der Waals surface area contributed by atoms with Crippen molar-refractivity contribution in [1.29, 1.82) is 0 Å². The van der Waals surface area contributed by atoms with Crippen molar-refractivity contribution >= 4 is 51.8 Å².